The lowest BCUT2D eigenvalue weighted by Crippen LogP contribution is -2.46. The lowest BCUT2D eigenvalue weighted by atomic mass is 10.0. The van der Waals surface area contributed by atoms with E-state index in [9.17, 15) is 18.4 Å². The van der Waals surface area contributed by atoms with Crippen molar-refractivity contribution in [1.29, 1.82) is 0 Å². The number of carbonyl (C=O) groups is 2. The van der Waals surface area contributed by atoms with E-state index in [4.69, 9.17) is 17.3 Å². The molecule has 0 unspecified atom stereocenters. The number of rotatable bonds is 5. The summed E-state index contributed by atoms with van der Waals surface area (Å²) in [6.07, 6.45) is 0.0819. The van der Waals surface area contributed by atoms with Crippen molar-refractivity contribution in [2.24, 2.45) is 5.73 Å². The largest absolute Gasteiger partial charge is 0.368 e. The van der Waals surface area contributed by atoms with Gasteiger partial charge in [0.2, 0.25) is 5.91 Å². The summed E-state index contributed by atoms with van der Waals surface area (Å²) in [5.41, 5.74) is 5.43. The number of halogens is 3. The molecule has 3 N–H and O–H groups in total. The summed E-state index contributed by atoms with van der Waals surface area (Å²) in [6.45, 7) is 0. The summed E-state index contributed by atoms with van der Waals surface area (Å²) in [5, 5.41) is 2.77. The number of primary amides is 1. The lowest BCUT2D eigenvalue weighted by Gasteiger charge is -2.16. The van der Waals surface area contributed by atoms with E-state index in [1.807, 2.05) is 0 Å². The predicted octanol–water partition coefficient (Wildman–Crippen LogP) is 2.44. The molecule has 2 aromatic carbocycles. The van der Waals surface area contributed by atoms with E-state index in [2.05, 4.69) is 5.32 Å². The maximum absolute atomic E-state index is 13.6. The van der Waals surface area contributed by atoms with Gasteiger partial charge in [0.05, 0.1) is 5.56 Å². The van der Waals surface area contributed by atoms with Crippen molar-refractivity contribution in [2.75, 3.05) is 0 Å². The molecule has 0 aliphatic carbocycles. The molecular formula is C16H13ClF2N2O2. The Morgan fingerprint density at radius 3 is 2.52 bits per heavy atom. The van der Waals surface area contributed by atoms with Gasteiger partial charge in [0.1, 0.15) is 6.04 Å². The van der Waals surface area contributed by atoms with Gasteiger partial charge in [-0.3, -0.25) is 9.59 Å². The second-order valence-electron chi connectivity index (χ2n) is 4.86. The van der Waals surface area contributed by atoms with Gasteiger partial charge >= 0.3 is 0 Å². The summed E-state index contributed by atoms with van der Waals surface area (Å²) in [7, 11) is 0. The van der Waals surface area contributed by atoms with Crippen molar-refractivity contribution in [3.63, 3.8) is 0 Å². The number of amides is 2. The highest BCUT2D eigenvalue weighted by Crippen LogP contribution is 2.14. The van der Waals surface area contributed by atoms with Gasteiger partial charge in [-0.05, 0) is 29.8 Å². The van der Waals surface area contributed by atoms with Crippen LogP contribution in [-0.2, 0) is 11.2 Å². The highest BCUT2D eigenvalue weighted by atomic mass is 35.5. The third kappa shape index (κ3) is 4.26. The van der Waals surface area contributed by atoms with Crippen LogP contribution in [0.1, 0.15) is 15.9 Å². The Morgan fingerprint density at radius 1 is 1.17 bits per heavy atom. The predicted molar refractivity (Wildman–Crippen MR) is 82.0 cm³/mol. The molecule has 0 aliphatic heterocycles. The van der Waals surface area contributed by atoms with Gasteiger partial charge in [-0.25, -0.2) is 8.78 Å². The number of hydrogen-bond donors (Lipinski definition) is 2. The third-order valence-corrected chi connectivity index (χ3v) is 3.41. The molecule has 0 aliphatic rings. The van der Waals surface area contributed by atoms with Crippen LogP contribution < -0.4 is 11.1 Å². The minimum Gasteiger partial charge on any atom is -0.368 e. The van der Waals surface area contributed by atoms with Crippen LogP contribution >= 0.6 is 11.6 Å². The maximum atomic E-state index is 13.6. The summed E-state index contributed by atoms with van der Waals surface area (Å²) in [6, 6.07) is 8.79. The molecule has 23 heavy (non-hydrogen) atoms. The number of benzene rings is 2. The number of nitrogens with two attached hydrogens (primary N) is 1. The Bertz CT molecular complexity index is 753. The van der Waals surface area contributed by atoms with Gasteiger partial charge in [0, 0.05) is 11.4 Å². The van der Waals surface area contributed by atoms with Crippen LogP contribution in [0.5, 0.6) is 0 Å². The molecule has 120 valence electrons. The van der Waals surface area contributed by atoms with E-state index < -0.39 is 35.1 Å². The molecule has 0 fully saturated rings. The molecule has 0 aromatic heterocycles. The maximum Gasteiger partial charge on any atom is 0.255 e. The SMILES string of the molecule is NC(=O)[C@H](Cc1cccc(Cl)c1)NC(=O)c1cccc(F)c1F. The van der Waals surface area contributed by atoms with Gasteiger partial charge in [-0.2, -0.15) is 0 Å². The molecule has 1 atom stereocenters. The standard InChI is InChI=1S/C16H13ClF2N2O2/c17-10-4-1-3-9(7-10)8-13(15(20)22)21-16(23)11-5-2-6-12(18)14(11)19/h1-7,13H,8H2,(H2,20,22)(H,21,23)/t13-/m0/s1. The fraction of sp³-hybridized carbons (Fsp3) is 0.125. The van der Waals surface area contributed by atoms with Crippen molar-refractivity contribution in [2.45, 2.75) is 12.5 Å². The van der Waals surface area contributed by atoms with Crippen LogP contribution in [0.3, 0.4) is 0 Å². The second-order valence-corrected chi connectivity index (χ2v) is 5.30. The average molecular weight is 339 g/mol. The highest BCUT2D eigenvalue weighted by Gasteiger charge is 2.22. The molecule has 0 saturated carbocycles. The van der Waals surface area contributed by atoms with E-state index in [1.165, 1.54) is 6.07 Å². The van der Waals surface area contributed by atoms with Crippen molar-refractivity contribution in [3.8, 4) is 0 Å². The first kappa shape index (κ1) is 16.9. The van der Waals surface area contributed by atoms with E-state index >= 15 is 0 Å². The molecule has 4 nitrogen and oxygen atoms in total. The van der Waals surface area contributed by atoms with Crippen LogP contribution in [0, 0.1) is 11.6 Å². The lowest BCUT2D eigenvalue weighted by molar-refractivity contribution is -0.119. The van der Waals surface area contributed by atoms with Crippen LogP contribution in [0.2, 0.25) is 5.02 Å². The van der Waals surface area contributed by atoms with Gasteiger partial charge in [0.15, 0.2) is 11.6 Å². The quantitative estimate of drug-likeness (QED) is 0.879. The smallest absolute Gasteiger partial charge is 0.255 e. The second kappa shape index (κ2) is 7.19. The molecule has 7 heteroatoms. The first-order chi connectivity index (χ1) is 10.9. The topological polar surface area (TPSA) is 72.2 Å². The molecule has 0 heterocycles. The molecule has 0 bridgehead atoms. The van der Waals surface area contributed by atoms with E-state index in [-0.39, 0.29) is 6.42 Å². The molecule has 0 spiro atoms. The minimum absolute atomic E-state index is 0.0819. The Balaban J connectivity index is 2.18. The van der Waals surface area contributed by atoms with Crippen LogP contribution in [0.25, 0.3) is 0 Å². The molecule has 2 amide bonds. The van der Waals surface area contributed by atoms with Gasteiger partial charge in [-0.1, -0.05) is 29.8 Å². The minimum atomic E-state index is -1.28. The summed E-state index contributed by atoms with van der Waals surface area (Å²) in [5.74, 6) is -4.15. The molecule has 2 rings (SSSR count). The van der Waals surface area contributed by atoms with Gasteiger partial charge in [0.25, 0.3) is 5.91 Å². The number of carbonyl (C=O) groups excluding carboxylic acids is 2. The first-order valence-corrected chi connectivity index (χ1v) is 7.05. The summed E-state index contributed by atoms with van der Waals surface area (Å²) < 4.78 is 26.8. The van der Waals surface area contributed by atoms with Crippen LogP contribution in [-0.4, -0.2) is 17.9 Å². The van der Waals surface area contributed by atoms with Gasteiger partial charge < -0.3 is 11.1 Å². The zero-order valence-corrected chi connectivity index (χ0v) is 12.6. The Labute approximate surface area is 136 Å². The van der Waals surface area contributed by atoms with Gasteiger partial charge in [-0.15, -0.1) is 0 Å². The fourth-order valence-corrected chi connectivity index (χ4v) is 2.25. The van der Waals surface area contributed by atoms with E-state index in [1.54, 1.807) is 24.3 Å². The first-order valence-electron chi connectivity index (χ1n) is 6.67. The third-order valence-electron chi connectivity index (χ3n) is 3.17. The normalized spacial score (nSPS) is 11.8. The van der Waals surface area contributed by atoms with E-state index in [0.717, 1.165) is 12.1 Å². The number of nitrogens with one attached hydrogen (secondary N) is 1. The number of hydrogen-bond acceptors (Lipinski definition) is 2. The zero-order valence-electron chi connectivity index (χ0n) is 11.9. The Kier molecular flexibility index (Phi) is 5.28. The van der Waals surface area contributed by atoms with Crippen LogP contribution in [0.15, 0.2) is 42.5 Å². The van der Waals surface area contributed by atoms with Crippen molar-refractivity contribution in [1.82, 2.24) is 5.32 Å². The molecule has 0 saturated heterocycles. The average Bonchev–Trinajstić information content (AvgIpc) is 2.49. The molecule has 2 aromatic rings. The molecular weight excluding hydrogens is 326 g/mol. The Hall–Kier alpha value is -2.47. The van der Waals surface area contributed by atoms with Crippen molar-refractivity contribution >= 4 is 23.4 Å². The summed E-state index contributed by atoms with van der Waals surface area (Å²) >= 11 is 5.85. The van der Waals surface area contributed by atoms with Crippen molar-refractivity contribution < 1.29 is 18.4 Å². The zero-order chi connectivity index (χ0) is 17.0. The van der Waals surface area contributed by atoms with E-state index in [0.29, 0.717) is 10.6 Å². The highest BCUT2D eigenvalue weighted by molar-refractivity contribution is 6.30. The van der Waals surface area contributed by atoms with Crippen molar-refractivity contribution in [3.05, 3.63) is 70.2 Å². The summed E-state index contributed by atoms with van der Waals surface area (Å²) in [4.78, 5) is 23.6. The Morgan fingerprint density at radius 2 is 1.87 bits per heavy atom. The monoisotopic (exact) mass is 338 g/mol. The fourth-order valence-electron chi connectivity index (χ4n) is 2.04. The van der Waals surface area contributed by atoms with Crippen LogP contribution in [0.4, 0.5) is 8.78 Å². The molecule has 0 radical (unpaired) electrons.